The lowest BCUT2D eigenvalue weighted by molar-refractivity contribution is -0.147. The van der Waals surface area contributed by atoms with Gasteiger partial charge in [-0.2, -0.15) is 0 Å². The van der Waals surface area contributed by atoms with Crippen LogP contribution in [0.1, 0.15) is 26.7 Å². The van der Waals surface area contributed by atoms with E-state index in [1.54, 1.807) is 16.7 Å². The fraction of sp³-hybridized carbons (Fsp3) is 0.857. The van der Waals surface area contributed by atoms with Crippen LogP contribution in [-0.4, -0.2) is 78.6 Å². The lowest BCUT2D eigenvalue weighted by Gasteiger charge is -2.28. The molecule has 0 aromatic carbocycles. The molecule has 1 rings (SSSR count). The van der Waals surface area contributed by atoms with Gasteiger partial charge in [0.25, 0.3) is 0 Å². The molecule has 1 aliphatic heterocycles. The quantitative estimate of drug-likeness (QED) is 0.796. The van der Waals surface area contributed by atoms with Crippen molar-refractivity contribution in [3.05, 3.63) is 0 Å². The molecule has 116 valence electrons. The Morgan fingerprint density at radius 2 is 1.95 bits per heavy atom. The molecule has 6 heteroatoms. The standard InChI is InChI=1S/C14H27N3O3/c1-5-16(9-6-8-15(3)4)13(20)17-10-7-14(2,11-17)12(18)19/h5-11H2,1-4H3,(H,18,19). The minimum Gasteiger partial charge on any atom is -0.481 e. The Bertz CT molecular complexity index is 360. The van der Waals surface area contributed by atoms with Gasteiger partial charge in [0.15, 0.2) is 0 Å². The van der Waals surface area contributed by atoms with Crippen LogP contribution in [0.4, 0.5) is 4.79 Å². The maximum absolute atomic E-state index is 12.4. The number of aliphatic carboxylic acids is 1. The van der Waals surface area contributed by atoms with E-state index in [0.717, 1.165) is 13.0 Å². The van der Waals surface area contributed by atoms with E-state index in [0.29, 0.717) is 32.6 Å². The summed E-state index contributed by atoms with van der Waals surface area (Å²) in [6.45, 7) is 6.83. The monoisotopic (exact) mass is 285 g/mol. The van der Waals surface area contributed by atoms with E-state index in [-0.39, 0.29) is 6.03 Å². The lowest BCUT2D eigenvalue weighted by Crippen LogP contribution is -2.44. The summed E-state index contributed by atoms with van der Waals surface area (Å²) in [7, 11) is 4.02. The summed E-state index contributed by atoms with van der Waals surface area (Å²) in [5.41, 5.74) is -0.793. The number of hydrogen-bond acceptors (Lipinski definition) is 3. The molecule has 1 saturated heterocycles. The SMILES string of the molecule is CCN(CCCN(C)C)C(=O)N1CCC(C)(C(=O)O)C1. The van der Waals surface area contributed by atoms with E-state index in [4.69, 9.17) is 0 Å². The van der Waals surface area contributed by atoms with Gasteiger partial charge in [-0.05, 0) is 47.3 Å². The number of carbonyl (C=O) groups is 2. The normalized spacial score (nSPS) is 22.4. The van der Waals surface area contributed by atoms with Gasteiger partial charge in [-0.15, -0.1) is 0 Å². The Labute approximate surface area is 121 Å². The maximum Gasteiger partial charge on any atom is 0.320 e. The van der Waals surface area contributed by atoms with E-state index in [1.807, 2.05) is 21.0 Å². The van der Waals surface area contributed by atoms with Crippen LogP contribution < -0.4 is 0 Å². The van der Waals surface area contributed by atoms with Crippen molar-refractivity contribution >= 4 is 12.0 Å². The zero-order valence-corrected chi connectivity index (χ0v) is 13.1. The summed E-state index contributed by atoms with van der Waals surface area (Å²) in [5.74, 6) is -0.816. The van der Waals surface area contributed by atoms with Crippen LogP contribution in [0.15, 0.2) is 0 Å². The third kappa shape index (κ3) is 4.10. The van der Waals surface area contributed by atoms with E-state index in [1.165, 1.54) is 0 Å². The molecule has 0 aliphatic carbocycles. The summed E-state index contributed by atoms with van der Waals surface area (Å²) >= 11 is 0. The van der Waals surface area contributed by atoms with Crippen molar-refractivity contribution in [1.82, 2.24) is 14.7 Å². The third-order valence-electron chi connectivity index (χ3n) is 3.95. The van der Waals surface area contributed by atoms with E-state index in [9.17, 15) is 14.7 Å². The first-order valence-corrected chi connectivity index (χ1v) is 7.22. The highest BCUT2D eigenvalue weighted by molar-refractivity contribution is 5.79. The Hall–Kier alpha value is -1.30. The van der Waals surface area contributed by atoms with Crippen LogP contribution >= 0.6 is 0 Å². The van der Waals surface area contributed by atoms with Gasteiger partial charge < -0.3 is 19.8 Å². The van der Waals surface area contributed by atoms with Crippen molar-refractivity contribution in [3.63, 3.8) is 0 Å². The first-order chi connectivity index (χ1) is 9.30. The van der Waals surface area contributed by atoms with E-state index >= 15 is 0 Å². The van der Waals surface area contributed by atoms with Crippen molar-refractivity contribution in [2.24, 2.45) is 5.41 Å². The Kier molecular flexibility index (Phi) is 5.80. The molecule has 1 fully saturated rings. The average molecular weight is 285 g/mol. The van der Waals surface area contributed by atoms with Gasteiger partial charge in [-0.25, -0.2) is 4.79 Å². The van der Waals surface area contributed by atoms with Gasteiger partial charge in [-0.1, -0.05) is 0 Å². The first kappa shape index (κ1) is 16.8. The van der Waals surface area contributed by atoms with Gasteiger partial charge in [0.2, 0.25) is 0 Å². The Morgan fingerprint density at radius 1 is 1.30 bits per heavy atom. The van der Waals surface area contributed by atoms with Crippen LogP contribution in [0.2, 0.25) is 0 Å². The highest BCUT2D eigenvalue weighted by Gasteiger charge is 2.42. The number of urea groups is 1. The van der Waals surface area contributed by atoms with Crippen molar-refractivity contribution in [3.8, 4) is 0 Å². The maximum atomic E-state index is 12.4. The third-order valence-corrected chi connectivity index (χ3v) is 3.95. The molecule has 0 bridgehead atoms. The van der Waals surface area contributed by atoms with Gasteiger partial charge in [0, 0.05) is 26.2 Å². The zero-order chi connectivity index (χ0) is 15.3. The van der Waals surface area contributed by atoms with Crippen LogP contribution in [-0.2, 0) is 4.79 Å². The van der Waals surface area contributed by atoms with Crippen LogP contribution in [0.25, 0.3) is 0 Å². The number of carboxylic acid groups (broad SMARTS) is 1. The zero-order valence-electron chi connectivity index (χ0n) is 13.1. The Morgan fingerprint density at radius 3 is 2.40 bits per heavy atom. The summed E-state index contributed by atoms with van der Waals surface area (Å²) in [4.78, 5) is 29.2. The highest BCUT2D eigenvalue weighted by atomic mass is 16.4. The van der Waals surface area contributed by atoms with Gasteiger partial charge >= 0.3 is 12.0 Å². The molecule has 1 heterocycles. The second-order valence-corrected chi connectivity index (χ2v) is 6.06. The molecule has 1 atom stereocenters. The number of rotatable bonds is 6. The summed E-state index contributed by atoms with van der Waals surface area (Å²) in [6.07, 6.45) is 1.46. The van der Waals surface area contributed by atoms with Crippen LogP contribution in [0, 0.1) is 5.41 Å². The van der Waals surface area contributed by atoms with Crippen molar-refractivity contribution in [2.45, 2.75) is 26.7 Å². The molecule has 0 aromatic heterocycles. The van der Waals surface area contributed by atoms with Gasteiger partial charge in [-0.3, -0.25) is 4.79 Å². The summed E-state index contributed by atoms with van der Waals surface area (Å²) in [6, 6.07) is -0.0313. The molecule has 1 N–H and O–H groups in total. The molecular formula is C14H27N3O3. The average Bonchev–Trinajstić information content (AvgIpc) is 2.78. The van der Waals surface area contributed by atoms with Gasteiger partial charge in [0.1, 0.15) is 0 Å². The number of amides is 2. The molecule has 1 unspecified atom stereocenters. The molecule has 2 amide bonds. The number of hydrogen-bond donors (Lipinski definition) is 1. The molecule has 0 saturated carbocycles. The fourth-order valence-electron chi connectivity index (χ4n) is 2.47. The molecule has 20 heavy (non-hydrogen) atoms. The predicted molar refractivity (Wildman–Crippen MR) is 77.7 cm³/mol. The molecule has 0 aromatic rings. The molecule has 0 spiro atoms. The second-order valence-electron chi connectivity index (χ2n) is 6.06. The molecule has 6 nitrogen and oxygen atoms in total. The summed E-state index contributed by atoms with van der Waals surface area (Å²) < 4.78 is 0. The van der Waals surface area contributed by atoms with E-state index < -0.39 is 11.4 Å². The minimum absolute atomic E-state index is 0.0313. The van der Waals surface area contributed by atoms with Crippen LogP contribution in [0.3, 0.4) is 0 Å². The lowest BCUT2D eigenvalue weighted by atomic mass is 9.90. The number of carbonyl (C=O) groups excluding carboxylic acids is 1. The highest BCUT2D eigenvalue weighted by Crippen LogP contribution is 2.30. The minimum atomic E-state index is -0.816. The second kappa shape index (κ2) is 6.92. The topological polar surface area (TPSA) is 64.1 Å². The van der Waals surface area contributed by atoms with Crippen molar-refractivity contribution in [2.75, 3.05) is 46.8 Å². The largest absolute Gasteiger partial charge is 0.481 e. The number of nitrogens with zero attached hydrogens (tertiary/aromatic N) is 3. The predicted octanol–water partition coefficient (Wildman–Crippen LogP) is 1.18. The smallest absolute Gasteiger partial charge is 0.320 e. The fourth-order valence-corrected chi connectivity index (χ4v) is 2.47. The van der Waals surface area contributed by atoms with Crippen molar-refractivity contribution in [1.29, 1.82) is 0 Å². The summed E-state index contributed by atoms with van der Waals surface area (Å²) in [5, 5.41) is 9.21. The van der Waals surface area contributed by atoms with Crippen LogP contribution in [0.5, 0.6) is 0 Å². The van der Waals surface area contributed by atoms with Crippen molar-refractivity contribution < 1.29 is 14.7 Å². The first-order valence-electron chi connectivity index (χ1n) is 7.22. The van der Waals surface area contributed by atoms with E-state index in [2.05, 4.69) is 4.90 Å². The number of carboxylic acids is 1. The Balaban J connectivity index is 2.53. The number of likely N-dealkylation sites (tertiary alicyclic amines) is 1. The molecule has 1 aliphatic rings. The molecule has 0 radical (unpaired) electrons. The molecular weight excluding hydrogens is 258 g/mol. The van der Waals surface area contributed by atoms with Gasteiger partial charge in [0.05, 0.1) is 5.41 Å².